The number of fused-ring (bicyclic) bond motifs is 1. The van der Waals surface area contributed by atoms with Gasteiger partial charge in [-0.15, -0.1) is 0 Å². The van der Waals surface area contributed by atoms with Gasteiger partial charge in [-0.05, 0) is 43.2 Å². The molecule has 5 heteroatoms. The van der Waals surface area contributed by atoms with Gasteiger partial charge in [0, 0.05) is 12.1 Å². The van der Waals surface area contributed by atoms with Gasteiger partial charge >= 0.3 is 5.97 Å². The number of hydrogen-bond donors (Lipinski definition) is 0. The molecule has 3 aromatic rings. The standard InChI is InChI=1S/C19H19ClN2O2/c1-12-7-6-8-15(20)14(12)11-18(23)24-13(2)19-21-16-9-4-5-10-17(16)22(19)3/h4-10,13H,11H2,1-3H3/t13-/m0/s1. The Bertz CT molecular complexity index is 881. The monoisotopic (exact) mass is 342 g/mol. The molecule has 0 fully saturated rings. The summed E-state index contributed by atoms with van der Waals surface area (Å²) in [6.45, 7) is 3.77. The highest BCUT2D eigenvalue weighted by molar-refractivity contribution is 6.31. The van der Waals surface area contributed by atoms with E-state index in [1.54, 1.807) is 6.07 Å². The van der Waals surface area contributed by atoms with Crippen LogP contribution in [0.1, 0.15) is 30.0 Å². The number of carbonyl (C=O) groups is 1. The first-order valence-corrected chi connectivity index (χ1v) is 8.20. The first-order valence-electron chi connectivity index (χ1n) is 7.82. The molecule has 0 aliphatic carbocycles. The van der Waals surface area contributed by atoms with E-state index >= 15 is 0 Å². The zero-order chi connectivity index (χ0) is 17.3. The Morgan fingerprint density at radius 2 is 2.00 bits per heavy atom. The third-order valence-electron chi connectivity index (χ3n) is 4.17. The van der Waals surface area contributed by atoms with Gasteiger partial charge in [-0.1, -0.05) is 35.9 Å². The van der Waals surface area contributed by atoms with Crippen molar-refractivity contribution in [2.24, 2.45) is 7.05 Å². The summed E-state index contributed by atoms with van der Waals surface area (Å²) in [5.74, 6) is 0.409. The number of imidazole rings is 1. The number of rotatable bonds is 4. The lowest BCUT2D eigenvalue weighted by atomic mass is 10.1. The molecule has 0 amide bonds. The van der Waals surface area contributed by atoms with Crippen molar-refractivity contribution in [1.29, 1.82) is 0 Å². The molecule has 0 spiro atoms. The highest BCUT2D eigenvalue weighted by Gasteiger charge is 2.19. The molecule has 0 radical (unpaired) electrons. The van der Waals surface area contributed by atoms with Gasteiger partial charge in [-0.3, -0.25) is 4.79 Å². The van der Waals surface area contributed by atoms with Crippen LogP contribution in [0.15, 0.2) is 42.5 Å². The van der Waals surface area contributed by atoms with Crippen molar-refractivity contribution in [2.45, 2.75) is 26.4 Å². The predicted octanol–water partition coefficient (Wildman–Crippen LogP) is 4.38. The van der Waals surface area contributed by atoms with Gasteiger partial charge < -0.3 is 9.30 Å². The molecule has 4 nitrogen and oxygen atoms in total. The van der Waals surface area contributed by atoms with E-state index in [0.717, 1.165) is 28.0 Å². The van der Waals surface area contributed by atoms with E-state index in [2.05, 4.69) is 4.98 Å². The van der Waals surface area contributed by atoms with Crippen molar-refractivity contribution >= 4 is 28.6 Å². The van der Waals surface area contributed by atoms with Crippen LogP contribution in [0.4, 0.5) is 0 Å². The zero-order valence-corrected chi connectivity index (χ0v) is 14.7. The molecule has 0 aliphatic rings. The van der Waals surface area contributed by atoms with Crippen LogP contribution in [0, 0.1) is 6.92 Å². The summed E-state index contributed by atoms with van der Waals surface area (Å²) < 4.78 is 7.53. The number of halogens is 1. The Labute approximate surface area is 146 Å². The van der Waals surface area contributed by atoms with Gasteiger partial charge in [0.15, 0.2) is 11.9 Å². The average Bonchev–Trinajstić information content (AvgIpc) is 2.89. The number of benzene rings is 2. The lowest BCUT2D eigenvalue weighted by Crippen LogP contribution is -2.15. The maximum atomic E-state index is 12.3. The average molecular weight is 343 g/mol. The quantitative estimate of drug-likeness (QED) is 0.661. The third-order valence-corrected chi connectivity index (χ3v) is 4.52. The molecule has 1 atom stereocenters. The second-order valence-corrected chi connectivity index (χ2v) is 6.27. The number of para-hydroxylation sites is 2. The lowest BCUT2D eigenvalue weighted by Gasteiger charge is -2.14. The number of ether oxygens (including phenoxy) is 1. The summed E-state index contributed by atoms with van der Waals surface area (Å²) in [6, 6.07) is 13.4. The lowest BCUT2D eigenvalue weighted by molar-refractivity contribution is -0.148. The van der Waals surface area contributed by atoms with E-state index in [9.17, 15) is 4.79 Å². The molecule has 1 aromatic heterocycles. The Hall–Kier alpha value is -2.33. The van der Waals surface area contributed by atoms with Crippen LogP contribution in [-0.2, 0) is 23.0 Å². The van der Waals surface area contributed by atoms with Crippen molar-refractivity contribution in [3.8, 4) is 0 Å². The summed E-state index contributed by atoms with van der Waals surface area (Å²) in [7, 11) is 1.92. The molecule has 2 aromatic carbocycles. The molecular formula is C19H19ClN2O2. The van der Waals surface area contributed by atoms with Crippen LogP contribution >= 0.6 is 11.6 Å². The minimum absolute atomic E-state index is 0.153. The van der Waals surface area contributed by atoms with Crippen molar-refractivity contribution < 1.29 is 9.53 Å². The van der Waals surface area contributed by atoms with Crippen LogP contribution in [0.25, 0.3) is 11.0 Å². The highest BCUT2D eigenvalue weighted by Crippen LogP contribution is 2.24. The normalized spacial score (nSPS) is 12.3. The van der Waals surface area contributed by atoms with Crippen LogP contribution in [0.2, 0.25) is 5.02 Å². The number of aryl methyl sites for hydroxylation is 2. The molecule has 0 saturated carbocycles. The van der Waals surface area contributed by atoms with E-state index in [0.29, 0.717) is 5.02 Å². The van der Waals surface area contributed by atoms with Crippen LogP contribution in [0.3, 0.4) is 0 Å². The molecule has 0 unspecified atom stereocenters. The summed E-state index contributed by atoms with van der Waals surface area (Å²) in [6.07, 6.45) is -0.280. The van der Waals surface area contributed by atoms with Crippen LogP contribution < -0.4 is 0 Å². The summed E-state index contributed by atoms with van der Waals surface area (Å²) in [5, 5.41) is 0.585. The minimum Gasteiger partial charge on any atom is -0.454 e. The maximum absolute atomic E-state index is 12.3. The van der Waals surface area contributed by atoms with E-state index < -0.39 is 6.10 Å². The van der Waals surface area contributed by atoms with Gasteiger partial charge in [0.2, 0.25) is 0 Å². The van der Waals surface area contributed by atoms with Crippen molar-refractivity contribution in [3.05, 3.63) is 64.4 Å². The van der Waals surface area contributed by atoms with Crippen molar-refractivity contribution in [2.75, 3.05) is 0 Å². The Morgan fingerprint density at radius 1 is 1.25 bits per heavy atom. The fourth-order valence-corrected chi connectivity index (χ4v) is 3.14. The highest BCUT2D eigenvalue weighted by atomic mass is 35.5. The number of nitrogens with zero attached hydrogens (tertiary/aromatic N) is 2. The largest absolute Gasteiger partial charge is 0.454 e. The molecule has 124 valence electrons. The van der Waals surface area contributed by atoms with Gasteiger partial charge in [0.1, 0.15) is 0 Å². The third kappa shape index (κ3) is 3.15. The molecule has 0 aliphatic heterocycles. The molecule has 0 N–H and O–H groups in total. The molecule has 0 saturated heterocycles. The van der Waals surface area contributed by atoms with Crippen LogP contribution in [-0.4, -0.2) is 15.5 Å². The van der Waals surface area contributed by atoms with E-state index in [1.165, 1.54) is 0 Å². The minimum atomic E-state index is -0.433. The number of aromatic nitrogens is 2. The summed E-state index contributed by atoms with van der Waals surface area (Å²) in [4.78, 5) is 16.9. The molecule has 3 rings (SSSR count). The Kier molecular flexibility index (Phi) is 4.58. The van der Waals surface area contributed by atoms with Gasteiger partial charge in [0.25, 0.3) is 0 Å². The van der Waals surface area contributed by atoms with Gasteiger partial charge in [-0.25, -0.2) is 4.98 Å². The fraction of sp³-hybridized carbons (Fsp3) is 0.263. The number of hydrogen-bond acceptors (Lipinski definition) is 3. The number of carbonyl (C=O) groups excluding carboxylic acids is 1. The van der Waals surface area contributed by atoms with Crippen molar-refractivity contribution in [1.82, 2.24) is 9.55 Å². The van der Waals surface area contributed by atoms with E-state index in [-0.39, 0.29) is 12.4 Å². The topological polar surface area (TPSA) is 44.1 Å². The molecule has 0 bridgehead atoms. The maximum Gasteiger partial charge on any atom is 0.311 e. The SMILES string of the molecule is Cc1cccc(Cl)c1CC(=O)O[C@@H](C)c1nc2ccccc2n1C. The molecule has 24 heavy (non-hydrogen) atoms. The smallest absolute Gasteiger partial charge is 0.311 e. The zero-order valence-electron chi connectivity index (χ0n) is 13.9. The first kappa shape index (κ1) is 16.5. The van der Waals surface area contributed by atoms with Crippen LogP contribution in [0.5, 0.6) is 0 Å². The van der Waals surface area contributed by atoms with Gasteiger partial charge in [0.05, 0.1) is 17.5 Å². The van der Waals surface area contributed by atoms with Gasteiger partial charge in [-0.2, -0.15) is 0 Å². The molecular weight excluding hydrogens is 324 g/mol. The van der Waals surface area contributed by atoms with E-state index in [1.807, 2.05) is 61.9 Å². The summed E-state index contributed by atoms with van der Waals surface area (Å²) in [5.41, 5.74) is 3.69. The fourth-order valence-electron chi connectivity index (χ4n) is 2.85. The Morgan fingerprint density at radius 3 is 2.71 bits per heavy atom. The second kappa shape index (κ2) is 6.65. The molecule has 1 heterocycles. The number of esters is 1. The summed E-state index contributed by atoms with van der Waals surface area (Å²) >= 11 is 6.18. The Balaban J connectivity index is 1.77. The van der Waals surface area contributed by atoms with E-state index in [4.69, 9.17) is 16.3 Å². The second-order valence-electron chi connectivity index (χ2n) is 5.86. The predicted molar refractivity (Wildman–Crippen MR) is 95.1 cm³/mol. The first-order chi connectivity index (χ1) is 11.5. The van der Waals surface area contributed by atoms with Crippen molar-refractivity contribution in [3.63, 3.8) is 0 Å².